The lowest BCUT2D eigenvalue weighted by molar-refractivity contribution is 0.565. The van der Waals surface area contributed by atoms with Gasteiger partial charge >= 0.3 is 0 Å². The standard InChI is InChI=1S/C12H9F2N3S/c13-7-3-4-9(8(14)6-7)18-10-2-1-5-17-11(10)12(15)16/h1-6H,(H3,15,16). The SMILES string of the molecule is N=C(N)c1ncccc1Sc1ccc(F)cc1F. The molecular formula is C12H9F2N3S. The van der Waals surface area contributed by atoms with Gasteiger partial charge in [-0.3, -0.25) is 10.4 Å². The van der Waals surface area contributed by atoms with Crippen LogP contribution in [0.15, 0.2) is 46.3 Å². The van der Waals surface area contributed by atoms with Crippen LogP contribution in [0.25, 0.3) is 0 Å². The van der Waals surface area contributed by atoms with Crippen LogP contribution in [0.4, 0.5) is 8.78 Å². The fraction of sp³-hybridized carbons (Fsp3) is 0. The zero-order valence-corrected chi connectivity index (χ0v) is 9.97. The first kappa shape index (κ1) is 12.5. The van der Waals surface area contributed by atoms with Crippen molar-refractivity contribution in [2.24, 2.45) is 5.73 Å². The average Bonchev–Trinajstić information content (AvgIpc) is 2.33. The quantitative estimate of drug-likeness (QED) is 0.662. The van der Waals surface area contributed by atoms with Gasteiger partial charge < -0.3 is 5.73 Å². The van der Waals surface area contributed by atoms with Crippen LogP contribution in [-0.4, -0.2) is 10.8 Å². The number of hydrogen-bond acceptors (Lipinski definition) is 3. The van der Waals surface area contributed by atoms with Gasteiger partial charge in [-0.2, -0.15) is 0 Å². The van der Waals surface area contributed by atoms with Crippen LogP contribution in [-0.2, 0) is 0 Å². The van der Waals surface area contributed by atoms with Gasteiger partial charge in [0.1, 0.15) is 23.2 Å². The third-order valence-electron chi connectivity index (χ3n) is 2.14. The molecule has 2 aromatic rings. The van der Waals surface area contributed by atoms with E-state index in [4.69, 9.17) is 11.1 Å². The van der Waals surface area contributed by atoms with Crippen molar-refractivity contribution in [2.45, 2.75) is 9.79 Å². The second-order valence-corrected chi connectivity index (χ2v) is 4.52. The normalized spacial score (nSPS) is 10.3. The van der Waals surface area contributed by atoms with E-state index in [1.165, 1.54) is 18.3 Å². The summed E-state index contributed by atoms with van der Waals surface area (Å²) in [5.74, 6) is -1.48. The first-order chi connectivity index (χ1) is 8.58. The summed E-state index contributed by atoms with van der Waals surface area (Å²) in [6.07, 6.45) is 1.50. The Morgan fingerprint density at radius 1 is 1.22 bits per heavy atom. The smallest absolute Gasteiger partial charge is 0.142 e. The van der Waals surface area contributed by atoms with Crippen molar-refractivity contribution in [2.75, 3.05) is 0 Å². The molecule has 3 N–H and O–H groups in total. The van der Waals surface area contributed by atoms with Crippen molar-refractivity contribution in [1.29, 1.82) is 5.41 Å². The van der Waals surface area contributed by atoms with Crippen molar-refractivity contribution in [3.8, 4) is 0 Å². The molecule has 0 bridgehead atoms. The molecule has 0 spiro atoms. The monoisotopic (exact) mass is 265 g/mol. The molecule has 0 aliphatic rings. The molecule has 0 saturated carbocycles. The maximum absolute atomic E-state index is 13.5. The van der Waals surface area contributed by atoms with Gasteiger partial charge in [-0.1, -0.05) is 11.8 Å². The Labute approximate surface area is 107 Å². The van der Waals surface area contributed by atoms with Gasteiger partial charge in [0.2, 0.25) is 0 Å². The van der Waals surface area contributed by atoms with Crippen molar-refractivity contribution in [3.05, 3.63) is 53.9 Å². The number of halogens is 2. The topological polar surface area (TPSA) is 62.8 Å². The van der Waals surface area contributed by atoms with Crippen molar-refractivity contribution in [3.63, 3.8) is 0 Å². The van der Waals surface area contributed by atoms with Crippen LogP contribution in [0.3, 0.4) is 0 Å². The third kappa shape index (κ3) is 2.65. The van der Waals surface area contributed by atoms with Gasteiger partial charge in [0.15, 0.2) is 0 Å². The summed E-state index contributed by atoms with van der Waals surface area (Å²) < 4.78 is 26.3. The van der Waals surface area contributed by atoms with Crippen LogP contribution < -0.4 is 5.73 Å². The number of pyridine rings is 1. The molecule has 0 amide bonds. The minimum absolute atomic E-state index is 0.194. The van der Waals surface area contributed by atoms with Crippen LogP contribution in [0.1, 0.15) is 5.69 Å². The van der Waals surface area contributed by atoms with Gasteiger partial charge in [-0.15, -0.1) is 0 Å². The van der Waals surface area contributed by atoms with E-state index >= 15 is 0 Å². The molecular weight excluding hydrogens is 256 g/mol. The maximum Gasteiger partial charge on any atom is 0.142 e. The van der Waals surface area contributed by atoms with Crippen LogP contribution >= 0.6 is 11.8 Å². The van der Waals surface area contributed by atoms with Crippen LogP contribution in [0, 0.1) is 17.0 Å². The molecule has 0 aliphatic carbocycles. The summed E-state index contributed by atoms with van der Waals surface area (Å²) >= 11 is 1.05. The minimum Gasteiger partial charge on any atom is -0.382 e. The number of aromatic nitrogens is 1. The molecule has 0 saturated heterocycles. The number of hydrogen-bond donors (Lipinski definition) is 2. The van der Waals surface area contributed by atoms with Gasteiger partial charge in [0, 0.05) is 22.1 Å². The van der Waals surface area contributed by atoms with E-state index in [9.17, 15) is 8.78 Å². The molecule has 6 heteroatoms. The average molecular weight is 265 g/mol. The van der Waals surface area contributed by atoms with E-state index in [1.54, 1.807) is 12.1 Å². The molecule has 18 heavy (non-hydrogen) atoms. The van der Waals surface area contributed by atoms with E-state index in [2.05, 4.69) is 4.98 Å². The summed E-state index contributed by atoms with van der Waals surface area (Å²) in [6, 6.07) is 6.67. The summed E-state index contributed by atoms with van der Waals surface area (Å²) in [5, 5.41) is 7.38. The Morgan fingerprint density at radius 3 is 2.67 bits per heavy atom. The Hall–Kier alpha value is -1.95. The summed E-state index contributed by atoms with van der Waals surface area (Å²) in [5.41, 5.74) is 5.67. The predicted octanol–water partition coefficient (Wildman–Crippen LogP) is 2.80. The van der Waals surface area contributed by atoms with E-state index in [0.29, 0.717) is 4.90 Å². The highest BCUT2D eigenvalue weighted by Crippen LogP contribution is 2.31. The molecule has 0 atom stereocenters. The molecule has 2 rings (SSSR count). The third-order valence-corrected chi connectivity index (χ3v) is 3.24. The van der Waals surface area contributed by atoms with Crippen LogP contribution in [0.5, 0.6) is 0 Å². The van der Waals surface area contributed by atoms with Crippen molar-refractivity contribution >= 4 is 17.6 Å². The Kier molecular flexibility index (Phi) is 3.57. The number of nitrogens with two attached hydrogens (primary N) is 1. The van der Waals surface area contributed by atoms with Gasteiger partial charge in [-0.25, -0.2) is 8.78 Å². The van der Waals surface area contributed by atoms with E-state index in [1.807, 2.05) is 0 Å². The van der Waals surface area contributed by atoms with E-state index in [-0.39, 0.29) is 16.4 Å². The fourth-order valence-corrected chi connectivity index (χ4v) is 2.29. The van der Waals surface area contributed by atoms with Gasteiger partial charge in [0.25, 0.3) is 0 Å². The van der Waals surface area contributed by atoms with Crippen molar-refractivity contribution < 1.29 is 8.78 Å². The molecule has 1 aromatic carbocycles. The number of rotatable bonds is 3. The van der Waals surface area contributed by atoms with Gasteiger partial charge in [0.05, 0.1) is 0 Å². The number of amidine groups is 1. The number of benzene rings is 1. The van der Waals surface area contributed by atoms with E-state index < -0.39 is 11.6 Å². The molecule has 1 heterocycles. The van der Waals surface area contributed by atoms with Crippen molar-refractivity contribution in [1.82, 2.24) is 4.98 Å². The Balaban J connectivity index is 2.37. The van der Waals surface area contributed by atoms with Gasteiger partial charge in [-0.05, 0) is 24.3 Å². The zero-order valence-electron chi connectivity index (χ0n) is 9.15. The lowest BCUT2D eigenvalue weighted by atomic mass is 10.3. The predicted molar refractivity (Wildman–Crippen MR) is 65.7 cm³/mol. The Bertz CT molecular complexity index is 602. The summed E-state index contributed by atoms with van der Waals surface area (Å²) in [7, 11) is 0. The highest BCUT2D eigenvalue weighted by molar-refractivity contribution is 7.99. The first-order valence-corrected chi connectivity index (χ1v) is 5.82. The molecule has 92 valence electrons. The number of nitrogens with zero attached hydrogens (tertiary/aromatic N) is 1. The molecule has 1 aromatic heterocycles. The Morgan fingerprint density at radius 2 is 2.00 bits per heavy atom. The minimum atomic E-state index is -0.654. The first-order valence-electron chi connectivity index (χ1n) is 5.00. The zero-order chi connectivity index (χ0) is 13.1. The molecule has 0 fully saturated rings. The second-order valence-electron chi connectivity index (χ2n) is 3.44. The highest BCUT2D eigenvalue weighted by Gasteiger charge is 2.11. The van der Waals surface area contributed by atoms with E-state index in [0.717, 1.165) is 17.8 Å². The van der Waals surface area contributed by atoms with Crippen LogP contribution in [0.2, 0.25) is 0 Å². The molecule has 0 radical (unpaired) electrons. The lowest BCUT2D eigenvalue weighted by Gasteiger charge is -2.07. The largest absolute Gasteiger partial charge is 0.382 e. The maximum atomic E-state index is 13.5. The lowest BCUT2D eigenvalue weighted by Crippen LogP contribution is -2.14. The second kappa shape index (κ2) is 5.14. The fourth-order valence-electron chi connectivity index (χ4n) is 1.35. The summed E-state index contributed by atoms with van der Waals surface area (Å²) in [4.78, 5) is 4.76. The molecule has 0 unspecified atom stereocenters. The number of nitrogens with one attached hydrogen (secondary N) is 1. The molecule has 0 aliphatic heterocycles. The summed E-state index contributed by atoms with van der Waals surface area (Å²) in [6.45, 7) is 0. The highest BCUT2D eigenvalue weighted by atomic mass is 32.2. The molecule has 3 nitrogen and oxygen atoms in total. The number of nitrogen functional groups attached to an aromatic ring is 1.